The smallest absolute Gasteiger partial charge is 0.306 e. The highest BCUT2D eigenvalue weighted by molar-refractivity contribution is 5.71. The zero-order chi connectivity index (χ0) is 43.6. The van der Waals surface area contributed by atoms with E-state index in [1.807, 2.05) is 0 Å². The molecular weight excluding hydrogens is 753 g/mol. The molecule has 0 aromatic carbocycles. The van der Waals surface area contributed by atoms with Crippen molar-refractivity contribution in [2.24, 2.45) is 0 Å². The van der Waals surface area contributed by atoms with E-state index in [4.69, 9.17) is 18.9 Å². The summed E-state index contributed by atoms with van der Waals surface area (Å²) in [5, 5.41) is 10.3. The number of aliphatic hydroxyl groups is 1. The summed E-state index contributed by atoms with van der Waals surface area (Å²) < 4.78 is 23.5. The van der Waals surface area contributed by atoms with Crippen LogP contribution in [0.2, 0.25) is 0 Å². The lowest BCUT2D eigenvalue weighted by atomic mass is 10.0. The molecule has 1 aliphatic rings. The Morgan fingerprint density at radius 1 is 0.483 bits per heavy atom. The first-order valence-electron chi connectivity index (χ1n) is 25.9. The SMILES string of the molecule is CCCCCCCCC=CCCCCCCCC(=O)O[C@H]1[C@@H]([C@@H](CO)OC(=O)CCCCCCCCCCC)OC[C@@H]1OC(=O)CCCCCCCCCCCCCCC. The number of esters is 3. The maximum absolute atomic E-state index is 13.2. The molecule has 0 aliphatic carbocycles. The van der Waals surface area contributed by atoms with E-state index in [2.05, 4.69) is 32.9 Å². The van der Waals surface area contributed by atoms with Gasteiger partial charge >= 0.3 is 17.9 Å². The average Bonchev–Trinajstić information content (AvgIpc) is 3.62. The summed E-state index contributed by atoms with van der Waals surface area (Å²) in [4.78, 5) is 39.0. The van der Waals surface area contributed by atoms with Gasteiger partial charge in [-0.15, -0.1) is 0 Å². The summed E-state index contributed by atoms with van der Waals surface area (Å²) >= 11 is 0. The van der Waals surface area contributed by atoms with Gasteiger partial charge in [0, 0.05) is 19.3 Å². The Hall–Kier alpha value is -1.93. The fourth-order valence-electron chi connectivity index (χ4n) is 8.25. The molecule has 0 amide bonds. The number of aliphatic hydroxyl groups excluding tert-OH is 1. The predicted octanol–water partition coefficient (Wildman–Crippen LogP) is 14.6. The summed E-state index contributed by atoms with van der Waals surface area (Å²) in [5.41, 5.74) is 0. The summed E-state index contributed by atoms with van der Waals surface area (Å²) in [5.74, 6) is -1.13. The molecule has 4 atom stereocenters. The zero-order valence-corrected chi connectivity index (χ0v) is 39.6. The predicted molar refractivity (Wildman–Crippen MR) is 248 cm³/mol. The molecular formula is C52H96O8. The van der Waals surface area contributed by atoms with E-state index in [-0.39, 0.29) is 31.4 Å². The van der Waals surface area contributed by atoms with Crippen LogP contribution in [-0.2, 0) is 33.3 Å². The van der Waals surface area contributed by atoms with Crippen molar-refractivity contribution in [1.82, 2.24) is 0 Å². The number of carbonyl (C=O) groups is 3. The summed E-state index contributed by atoms with van der Waals surface area (Å²) in [7, 11) is 0. The molecule has 352 valence electrons. The second kappa shape index (κ2) is 42.4. The molecule has 1 rings (SSSR count). The van der Waals surface area contributed by atoms with Gasteiger partial charge in [-0.25, -0.2) is 0 Å². The van der Waals surface area contributed by atoms with Crippen molar-refractivity contribution in [3.63, 3.8) is 0 Å². The van der Waals surface area contributed by atoms with Crippen molar-refractivity contribution in [1.29, 1.82) is 0 Å². The lowest BCUT2D eigenvalue weighted by Gasteiger charge is -2.28. The monoisotopic (exact) mass is 849 g/mol. The highest BCUT2D eigenvalue weighted by Crippen LogP contribution is 2.27. The largest absolute Gasteiger partial charge is 0.457 e. The van der Waals surface area contributed by atoms with Crippen LogP contribution in [0.15, 0.2) is 12.2 Å². The van der Waals surface area contributed by atoms with Crippen LogP contribution in [0.25, 0.3) is 0 Å². The Morgan fingerprint density at radius 3 is 1.20 bits per heavy atom. The van der Waals surface area contributed by atoms with Crippen LogP contribution < -0.4 is 0 Å². The van der Waals surface area contributed by atoms with Gasteiger partial charge < -0.3 is 24.1 Å². The Bertz CT molecular complexity index is 1010. The fraction of sp³-hybridized carbons (Fsp3) is 0.904. The zero-order valence-electron chi connectivity index (χ0n) is 39.6. The number of carbonyl (C=O) groups excluding carboxylic acids is 3. The van der Waals surface area contributed by atoms with Gasteiger partial charge in [-0.05, 0) is 44.9 Å². The number of rotatable bonds is 44. The number of hydrogen-bond acceptors (Lipinski definition) is 8. The Kier molecular flexibility index (Phi) is 39.6. The second-order valence-electron chi connectivity index (χ2n) is 17.9. The standard InChI is InChI=1S/C52H96O8/c1-4-7-10-13-16-19-21-23-24-26-28-31-34-37-40-43-50(56)60-52-47(59-49(55)42-39-36-33-30-27-25-22-20-17-14-11-8-5-2)45-57-51(52)46(44-53)58-48(54)41-38-35-32-29-18-15-12-9-6-3/h23-24,46-47,51-53H,4-22,25-45H2,1-3H3/t46-,47+,51-,52-/m1/s1. The van der Waals surface area contributed by atoms with E-state index in [0.717, 1.165) is 70.6 Å². The van der Waals surface area contributed by atoms with Crippen molar-refractivity contribution in [2.75, 3.05) is 13.2 Å². The third-order valence-electron chi connectivity index (χ3n) is 12.1. The summed E-state index contributed by atoms with van der Waals surface area (Å²) in [6.07, 6.45) is 43.4. The molecule has 0 aromatic rings. The maximum Gasteiger partial charge on any atom is 0.306 e. The number of allylic oxidation sites excluding steroid dienone is 2. The van der Waals surface area contributed by atoms with Gasteiger partial charge in [0.1, 0.15) is 6.10 Å². The van der Waals surface area contributed by atoms with Crippen LogP contribution in [0.5, 0.6) is 0 Å². The van der Waals surface area contributed by atoms with Crippen LogP contribution in [0.3, 0.4) is 0 Å². The van der Waals surface area contributed by atoms with Gasteiger partial charge in [0.15, 0.2) is 18.3 Å². The lowest BCUT2D eigenvalue weighted by molar-refractivity contribution is -0.175. The Balaban J connectivity index is 2.52. The van der Waals surface area contributed by atoms with Crippen LogP contribution in [0.1, 0.15) is 265 Å². The minimum atomic E-state index is -1.02. The van der Waals surface area contributed by atoms with Crippen LogP contribution in [0.4, 0.5) is 0 Å². The number of ether oxygens (including phenoxy) is 4. The third kappa shape index (κ3) is 32.7. The average molecular weight is 849 g/mol. The molecule has 0 radical (unpaired) electrons. The first kappa shape index (κ1) is 56.1. The van der Waals surface area contributed by atoms with Crippen molar-refractivity contribution in [3.05, 3.63) is 12.2 Å². The molecule has 1 heterocycles. The molecule has 1 saturated heterocycles. The van der Waals surface area contributed by atoms with E-state index < -0.39 is 37.0 Å². The topological polar surface area (TPSA) is 108 Å². The molecule has 0 saturated carbocycles. The Morgan fingerprint density at radius 2 is 0.817 bits per heavy atom. The molecule has 0 spiro atoms. The van der Waals surface area contributed by atoms with Gasteiger partial charge in [-0.1, -0.05) is 213 Å². The van der Waals surface area contributed by atoms with Crippen LogP contribution >= 0.6 is 0 Å². The quantitative estimate of drug-likeness (QED) is 0.0279. The van der Waals surface area contributed by atoms with E-state index in [1.54, 1.807) is 0 Å². The first-order chi connectivity index (χ1) is 29.5. The molecule has 60 heavy (non-hydrogen) atoms. The van der Waals surface area contributed by atoms with E-state index >= 15 is 0 Å². The van der Waals surface area contributed by atoms with E-state index in [0.29, 0.717) is 12.8 Å². The maximum atomic E-state index is 13.2. The van der Waals surface area contributed by atoms with Crippen molar-refractivity contribution in [3.8, 4) is 0 Å². The molecule has 1 aliphatic heterocycles. The van der Waals surface area contributed by atoms with E-state index in [9.17, 15) is 19.5 Å². The summed E-state index contributed by atoms with van der Waals surface area (Å²) in [6.45, 7) is 6.28. The second-order valence-corrected chi connectivity index (χ2v) is 17.9. The summed E-state index contributed by atoms with van der Waals surface area (Å²) in [6, 6.07) is 0. The van der Waals surface area contributed by atoms with Gasteiger partial charge in [0.25, 0.3) is 0 Å². The molecule has 8 nitrogen and oxygen atoms in total. The van der Waals surface area contributed by atoms with E-state index in [1.165, 1.54) is 148 Å². The molecule has 0 bridgehead atoms. The fourth-order valence-corrected chi connectivity index (χ4v) is 8.25. The highest BCUT2D eigenvalue weighted by atomic mass is 16.6. The van der Waals surface area contributed by atoms with Crippen molar-refractivity contribution < 1.29 is 38.4 Å². The number of hydrogen-bond donors (Lipinski definition) is 1. The van der Waals surface area contributed by atoms with Gasteiger partial charge in [-0.2, -0.15) is 0 Å². The molecule has 8 heteroatoms. The number of unbranched alkanes of at least 4 members (excludes halogenated alkanes) is 31. The van der Waals surface area contributed by atoms with Gasteiger partial charge in [0.05, 0.1) is 13.2 Å². The minimum absolute atomic E-state index is 0.0205. The first-order valence-corrected chi connectivity index (χ1v) is 25.9. The highest BCUT2D eigenvalue weighted by Gasteiger charge is 2.47. The third-order valence-corrected chi connectivity index (χ3v) is 12.1. The van der Waals surface area contributed by atoms with Gasteiger partial charge in [0.2, 0.25) is 0 Å². The molecule has 0 aromatic heterocycles. The van der Waals surface area contributed by atoms with Crippen molar-refractivity contribution >= 4 is 17.9 Å². The van der Waals surface area contributed by atoms with Crippen molar-refractivity contribution in [2.45, 2.75) is 289 Å². The van der Waals surface area contributed by atoms with Crippen LogP contribution in [0, 0.1) is 0 Å². The lowest BCUT2D eigenvalue weighted by Crippen LogP contribution is -2.46. The minimum Gasteiger partial charge on any atom is -0.457 e. The van der Waals surface area contributed by atoms with Crippen LogP contribution in [-0.4, -0.2) is 60.6 Å². The normalized spacial score (nSPS) is 17.0. The van der Waals surface area contributed by atoms with Gasteiger partial charge in [-0.3, -0.25) is 14.4 Å². The molecule has 1 fully saturated rings. The Labute approximate surface area is 369 Å². The molecule has 0 unspecified atom stereocenters. The molecule has 1 N–H and O–H groups in total.